The number of hydrogen-bond acceptors (Lipinski definition) is 5. The number of benzene rings is 2. The fraction of sp³-hybridized carbons (Fsp3) is 0.217. The summed E-state index contributed by atoms with van der Waals surface area (Å²) in [4.78, 5) is 28.2. The van der Waals surface area contributed by atoms with E-state index in [1.807, 2.05) is 48.5 Å². The number of amides is 2. The lowest BCUT2D eigenvalue weighted by atomic mass is 10.1. The van der Waals surface area contributed by atoms with Crippen LogP contribution < -0.4 is 15.0 Å². The van der Waals surface area contributed by atoms with Crippen molar-refractivity contribution in [2.45, 2.75) is 23.1 Å². The highest BCUT2D eigenvalue weighted by Crippen LogP contribution is 2.45. The zero-order chi connectivity index (χ0) is 20.9. The van der Waals surface area contributed by atoms with Crippen LogP contribution in [-0.4, -0.2) is 25.5 Å². The summed E-state index contributed by atoms with van der Waals surface area (Å²) in [7, 11) is 1.63. The number of anilines is 1. The predicted molar refractivity (Wildman–Crippen MR) is 116 cm³/mol. The normalized spacial score (nSPS) is 16.0. The number of furan rings is 1. The van der Waals surface area contributed by atoms with E-state index in [0.717, 1.165) is 21.9 Å². The third kappa shape index (κ3) is 4.52. The molecule has 0 saturated carbocycles. The molecule has 3 aromatic rings. The van der Waals surface area contributed by atoms with Gasteiger partial charge in [0.1, 0.15) is 18.1 Å². The summed E-state index contributed by atoms with van der Waals surface area (Å²) in [5.41, 5.74) is 1.81. The van der Waals surface area contributed by atoms with E-state index in [1.165, 1.54) is 0 Å². The first-order valence-corrected chi connectivity index (χ1v) is 10.5. The van der Waals surface area contributed by atoms with Crippen LogP contribution in [0.5, 0.6) is 5.75 Å². The fourth-order valence-electron chi connectivity index (χ4n) is 3.35. The average molecular weight is 423 g/mol. The maximum absolute atomic E-state index is 13.1. The minimum atomic E-state index is -0.234. The number of rotatable bonds is 6. The van der Waals surface area contributed by atoms with Crippen molar-refractivity contribution in [3.63, 3.8) is 0 Å². The third-order valence-corrected chi connectivity index (χ3v) is 6.24. The van der Waals surface area contributed by atoms with Crippen molar-refractivity contribution in [1.82, 2.24) is 5.32 Å². The van der Waals surface area contributed by atoms with Crippen molar-refractivity contribution in [3.05, 3.63) is 78.3 Å². The van der Waals surface area contributed by atoms with E-state index in [0.29, 0.717) is 18.7 Å². The van der Waals surface area contributed by atoms with Crippen molar-refractivity contribution < 1.29 is 18.7 Å². The number of ether oxygens (including phenoxy) is 1. The molecule has 0 bridgehead atoms. The number of nitrogens with zero attached hydrogens (tertiary/aromatic N) is 1. The second kappa shape index (κ2) is 9.09. The Balaban J connectivity index is 1.53. The summed E-state index contributed by atoms with van der Waals surface area (Å²) in [6, 6.07) is 19.0. The average Bonchev–Trinajstić information content (AvgIpc) is 3.25. The zero-order valence-electron chi connectivity index (χ0n) is 16.5. The molecule has 0 saturated heterocycles. The molecule has 2 amide bonds. The van der Waals surface area contributed by atoms with Crippen LogP contribution in [0, 0.1) is 0 Å². The molecule has 154 valence electrons. The van der Waals surface area contributed by atoms with Gasteiger partial charge in [0.2, 0.25) is 11.8 Å². The number of para-hydroxylation sites is 1. The van der Waals surface area contributed by atoms with Crippen molar-refractivity contribution in [1.29, 1.82) is 0 Å². The molecule has 0 spiro atoms. The molecule has 0 unspecified atom stereocenters. The molecule has 1 aliphatic rings. The number of carbonyl (C=O) groups excluding carboxylic acids is 2. The molecule has 0 radical (unpaired) electrons. The number of carbonyl (C=O) groups is 2. The van der Waals surface area contributed by atoms with E-state index in [-0.39, 0.29) is 23.6 Å². The van der Waals surface area contributed by atoms with Crippen LogP contribution in [-0.2, 0) is 16.1 Å². The maximum Gasteiger partial charge on any atom is 0.240 e. The van der Waals surface area contributed by atoms with Crippen molar-refractivity contribution in [2.75, 3.05) is 18.6 Å². The molecule has 1 aromatic heterocycles. The molecule has 0 fully saturated rings. The van der Waals surface area contributed by atoms with Crippen molar-refractivity contribution in [2.24, 2.45) is 0 Å². The van der Waals surface area contributed by atoms with Gasteiger partial charge in [0.15, 0.2) is 0 Å². The Kier molecular flexibility index (Phi) is 6.09. The Morgan fingerprint density at radius 2 is 1.97 bits per heavy atom. The number of nitrogens with one attached hydrogen (secondary N) is 1. The summed E-state index contributed by atoms with van der Waals surface area (Å²) in [5.74, 6) is 1.13. The topological polar surface area (TPSA) is 71.8 Å². The second-order valence-electron chi connectivity index (χ2n) is 6.89. The zero-order valence-corrected chi connectivity index (χ0v) is 17.4. The third-order valence-electron chi connectivity index (χ3n) is 4.92. The molecule has 2 heterocycles. The minimum absolute atomic E-state index is 0.0353. The van der Waals surface area contributed by atoms with E-state index in [4.69, 9.17) is 9.15 Å². The maximum atomic E-state index is 13.1. The molecule has 1 aliphatic heterocycles. The van der Waals surface area contributed by atoms with E-state index in [1.54, 1.807) is 42.2 Å². The van der Waals surface area contributed by atoms with Gasteiger partial charge in [0.05, 0.1) is 25.6 Å². The molecule has 1 atom stereocenters. The molecule has 4 rings (SSSR count). The summed E-state index contributed by atoms with van der Waals surface area (Å²) in [6.45, 7) is 0.255. The standard InChI is InChI=1S/C23H22N2O4S/c1-28-17-10-8-16(9-11-17)21-13-23(27)25(19-6-2-3-7-20(19)30-21)15-22(26)24-14-18-5-4-12-29-18/h2-12,21H,13-15H2,1H3,(H,24,26)/t21-/m0/s1. The largest absolute Gasteiger partial charge is 0.497 e. The molecule has 0 aliphatic carbocycles. The molecule has 7 heteroatoms. The Morgan fingerprint density at radius 1 is 1.17 bits per heavy atom. The molecule has 1 N–H and O–H groups in total. The molecule has 6 nitrogen and oxygen atoms in total. The van der Waals surface area contributed by atoms with Crippen LogP contribution in [0.1, 0.15) is 23.0 Å². The van der Waals surface area contributed by atoms with Gasteiger partial charge in [-0.2, -0.15) is 0 Å². The molecule has 30 heavy (non-hydrogen) atoms. The van der Waals surface area contributed by atoms with Gasteiger partial charge in [-0.25, -0.2) is 0 Å². The van der Waals surface area contributed by atoms with Gasteiger partial charge in [0.25, 0.3) is 0 Å². The van der Waals surface area contributed by atoms with E-state index >= 15 is 0 Å². The first kappa shape index (κ1) is 20.1. The Bertz CT molecular complexity index is 1020. The van der Waals surface area contributed by atoms with Crippen LogP contribution in [0.3, 0.4) is 0 Å². The Morgan fingerprint density at radius 3 is 2.70 bits per heavy atom. The highest BCUT2D eigenvalue weighted by Gasteiger charge is 2.30. The van der Waals surface area contributed by atoms with Gasteiger partial charge in [-0.05, 0) is 42.0 Å². The summed E-state index contributed by atoms with van der Waals surface area (Å²) < 4.78 is 10.5. The van der Waals surface area contributed by atoms with Crippen molar-refractivity contribution >= 4 is 29.3 Å². The van der Waals surface area contributed by atoms with Gasteiger partial charge in [0, 0.05) is 16.6 Å². The Labute approximate surface area is 179 Å². The number of hydrogen-bond donors (Lipinski definition) is 1. The van der Waals surface area contributed by atoms with Crippen LogP contribution in [0.4, 0.5) is 5.69 Å². The summed E-state index contributed by atoms with van der Waals surface area (Å²) in [6.07, 6.45) is 1.86. The van der Waals surface area contributed by atoms with Gasteiger partial charge in [-0.3, -0.25) is 9.59 Å². The summed E-state index contributed by atoms with van der Waals surface area (Å²) >= 11 is 1.64. The summed E-state index contributed by atoms with van der Waals surface area (Å²) in [5, 5.41) is 2.77. The predicted octanol–water partition coefficient (Wildman–Crippen LogP) is 4.17. The lowest BCUT2D eigenvalue weighted by Crippen LogP contribution is -2.40. The van der Waals surface area contributed by atoms with Crippen LogP contribution >= 0.6 is 11.8 Å². The van der Waals surface area contributed by atoms with Crippen LogP contribution in [0.25, 0.3) is 0 Å². The first-order chi connectivity index (χ1) is 14.6. The quantitative estimate of drug-likeness (QED) is 0.645. The lowest BCUT2D eigenvalue weighted by Gasteiger charge is -2.22. The van der Waals surface area contributed by atoms with E-state index in [2.05, 4.69) is 5.32 Å². The highest BCUT2D eigenvalue weighted by molar-refractivity contribution is 7.99. The van der Waals surface area contributed by atoms with Crippen molar-refractivity contribution in [3.8, 4) is 5.75 Å². The molecular formula is C23H22N2O4S. The Hall–Kier alpha value is -3.19. The first-order valence-electron chi connectivity index (χ1n) is 9.63. The number of methoxy groups -OCH3 is 1. The van der Waals surface area contributed by atoms with Crippen LogP contribution in [0.15, 0.2) is 76.2 Å². The molecular weight excluding hydrogens is 400 g/mol. The second-order valence-corrected chi connectivity index (χ2v) is 8.13. The highest BCUT2D eigenvalue weighted by atomic mass is 32.2. The number of thioether (sulfide) groups is 1. The number of fused-ring (bicyclic) bond motifs is 1. The molecule has 2 aromatic carbocycles. The smallest absolute Gasteiger partial charge is 0.240 e. The van der Waals surface area contributed by atoms with Crippen LogP contribution in [0.2, 0.25) is 0 Å². The lowest BCUT2D eigenvalue weighted by molar-refractivity contribution is -0.124. The van der Waals surface area contributed by atoms with Gasteiger partial charge in [-0.1, -0.05) is 24.3 Å². The minimum Gasteiger partial charge on any atom is -0.497 e. The fourth-order valence-corrected chi connectivity index (χ4v) is 4.64. The van der Waals surface area contributed by atoms with E-state index in [9.17, 15) is 9.59 Å². The van der Waals surface area contributed by atoms with Gasteiger partial charge in [-0.15, -0.1) is 11.8 Å². The van der Waals surface area contributed by atoms with Gasteiger partial charge >= 0.3 is 0 Å². The van der Waals surface area contributed by atoms with E-state index < -0.39 is 0 Å². The SMILES string of the molecule is COc1ccc([C@@H]2CC(=O)N(CC(=O)NCc3ccco3)c3ccccc3S2)cc1. The van der Waals surface area contributed by atoms with Gasteiger partial charge < -0.3 is 19.4 Å². The monoisotopic (exact) mass is 422 g/mol.